The van der Waals surface area contributed by atoms with Gasteiger partial charge in [-0.05, 0) is 47.3 Å². The van der Waals surface area contributed by atoms with E-state index in [1.807, 2.05) is 20.8 Å². The highest BCUT2D eigenvalue weighted by Gasteiger charge is 2.72. The molecule has 174 valence electrons. The van der Waals surface area contributed by atoms with Gasteiger partial charge in [0.25, 0.3) is 5.92 Å². The van der Waals surface area contributed by atoms with E-state index >= 15 is 0 Å². The van der Waals surface area contributed by atoms with Crippen LogP contribution in [0.4, 0.5) is 13.6 Å². The third-order valence-electron chi connectivity index (χ3n) is 8.07. The maximum Gasteiger partial charge on any atom is 0.315 e. The van der Waals surface area contributed by atoms with Crippen molar-refractivity contribution in [1.29, 1.82) is 0 Å². The highest BCUT2D eigenvalue weighted by atomic mass is 35.5. The van der Waals surface area contributed by atoms with Crippen LogP contribution in [0.1, 0.15) is 64.5 Å². The van der Waals surface area contributed by atoms with Crippen molar-refractivity contribution >= 4 is 17.6 Å². The zero-order valence-corrected chi connectivity index (χ0v) is 20.0. The van der Waals surface area contributed by atoms with Gasteiger partial charge in [-0.15, -0.1) is 0 Å². The summed E-state index contributed by atoms with van der Waals surface area (Å²) in [7, 11) is 1.64. The summed E-state index contributed by atoms with van der Waals surface area (Å²) in [6.07, 6.45) is 1.46. The van der Waals surface area contributed by atoms with Crippen LogP contribution in [-0.4, -0.2) is 35.6 Å². The van der Waals surface area contributed by atoms with Crippen molar-refractivity contribution < 1.29 is 18.7 Å². The number of benzene rings is 1. The number of hydrogen-bond donors (Lipinski definition) is 2. The first-order valence-electron chi connectivity index (χ1n) is 11.0. The van der Waals surface area contributed by atoms with Crippen LogP contribution in [0, 0.1) is 29.1 Å². The number of hydrogen-bond acceptors (Lipinski definition) is 2. The smallest absolute Gasteiger partial charge is 0.315 e. The molecule has 4 nitrogen and oxygen atoms in total. The molecule has 2 amide bonds. The number of urea groups is 1. The van der Waals surface area contributed by atoms with Crippen molar-refractivity contribution in [3.05, 3.63) is 34.3 Å². The van der Waals surface area contributed by atoms with Crippen molar-refractivity contribution in [2.24, 2.45) is 34.8 Å². The number of alkyl halides is 2. The predicted molar refractivity (Wildman–Crippen MR) is 119 cm³/mol. The number of carbonyl (C=O) groups excluding carboxylic acids is 1. The molecule has 2 aliphatic rings. The van der Waals surface area contributed by atoms with Gasteiger partial charge in [-0.25, -0.2) is 13.6 Å². The van der Waals surface area contributed by atoms with Crippen LogP contribution in [-0.2, 0) is 5.54 Å². The van der Waals surface area contributed by atoms with Crippen molar-refractivity contribution in [3.63, 3.8) is 0 Å². The summed E-state index contributed by atoms with van der Waals surface area (Å²) < 4.78 is 29.3. The number of nitrogens with two attached hydrogens (primary N) is 1. The molecule has 2 fully saturated rings. The molecule has 7 heteroatoms. The standard InChI is InChI=1S/C24H35ClF2N2O2/c1-13-9-10-23(29(6)21(28)31,17(12-30)14(13)2)15-7-8-16(18(25)11-15)19-20(22(3,4)5)24(19,26)27/h7-8,11,13-14,17,19-20,30H,9-10,12H2,1-6H3,(H2,28,31)/t13-,14?,17?,19?,20?,23?/m0/s1. The summed E-state index contributed by atoms with van der Waals surface area (Å²) >= 11 is 6.60. The topological polar surface area (TPSA) is 66.6 Å². The van der Waals surface area contributed by atoms with Gasteiger partial charge in [0.05, 0.1) is 11.5 Å². The molecule has 31 heavy (non-hydrogen) atoms. The normalized spacial score (nSPS) is 35.0. The van der Waals surface area contributed by atoms with Crippen LogP contribution in [0.15, 0.2) is 18.2 Å². The van der Waals surface area contributed by atoms with Crippen LogP contribution in [0.5, 0.6) is 0 Å². The molecule has 3 rings (SSSR count). The molecule has 0 saturated heterocycles. The first-order chi connectivity index (χ1) is 14.2. The average molecular weight is 457 g/mol. The number of aliphatic hydroxyl groups is 1. The Morgan fingerprint density at radius 2 is 1.94 bits per heavy atom. The van der Waals surface area contributed by atoms with E-state index in [1.165, 1.54) is 4.90 Å². The third kappa shape index (κ3) is 3.74. The van der Waals surface area contributed by atoms with Gasteiger partial charge in [-0.2, -0.15) is 0 Å². The Bertz CT molecular complexity index is 856. The number of nitrogens with zero attached hydrogens (tertiary/aromatic N) is 1. The van der Waals surface area contributed by atoms with Crippen molar-refractivity contribution in [1.82, 2.24) is 4.90 Å². The molecule has 0 heterocycles. The van der Waals surface area contributed by atoms with Crippen LogP contribution in [0.2, 0.25) is 5.02 Å². The van der Waals surface area contributed by atoms with Gasteiger partial charge in [-0.1, -0.05) is 58.4 Å². The first-order valence-corrected chi connectivity index (χ1v) is 11.4. The van der Waals surface area contributed by atoms with Gasteiger partial charge >= 0.3 is 6.03 Å². The second-order valence-corrected chi connectivity index (χ2v) is 11.1. The average Bonchev–Trinajstić information content (AvgIpc) is 3.25. The van der Waals surface area contributed by atoms with Crippen molar-refractivity contribution in [2.75, 3.05) is 13.7 Å². The minimum absolute atomic E-state index is 0.116. The Morgan fingerprint density at radius 3 is 2.39 bits per heavy atom. The SMILES string of the molecule is CC1C(CO)C(c2ccc(C3C(C(C)(C)C)C3(F)F)c(Cl)c2)(N(C)C(N)=O)CC[C@@H]1C. The lowest BCUT2D eigenvalue weighted by atomic mass is 9.60. The van der Waals surface area contributed by atoms with Crippen LogP contribution < -0.4 is 5.73 Å². The summed E-state index contributed by atoms with van der Waals surface area (Å²) in [4.78, 5) is 13.8. The molecule has 0 aromatic heterocycles. The van der Waals surface area contributed by atoms with Gasteiger partial charge in [0, 0.05) is 30.5 Å². The summed E-state index contributed by atoms with van der Waals surface area (Å²) in [6.45, 7) is 9.56. The van der Waals surface area contributed by atoms with Gasteiger partial charge in [0.15, 0.2) is 0 Å². The summed E-state index contributed by atoms with van der Waals surface area (Å²) in [5.74, 6) is -4.23. The minimum Gasteiger partial charge on any atom is -0.396 e. The third-order valence-corrected chi connectivity index (χ3v) is 8.40. The molecule has 0 spiro atoms. The van der Waals surface area contributed by atoms with Gasteiger partial charge in [-0.3, -0.25) is 0 Å². The van der Waals surface area contributed by atoms with Crippen LogP contribution in [0.25, 0.3) is 0 Å². The van der Waals surface area contributed by atoms with Crippen LogP contribution in [0.3, 0.4) is 0 Å². The molecular weight excluding hydrogens is 422 g/mol. The summed E-state index contributed by atoms with van der Waals surface area (Å²) in [5.41, 5.74) is 5.47. The fourth-order valence-corrected chi connectivity index (χ4v) is 6.35. The zero-order chi connectivity index (χ0) is 23.5. The van der Waals surface area contributed by atoms with E-state index in [9.17, 15) is 18.7 Å². The Balaban J connectivity index is 2.09. The summed E-state index contributed by atoms with van der Waals surface area (Å²) in [6, 6.07) is 4.58. The van der Waals surface area contributed by atoms with E-state index in [1.54, 1.807) is 25.2 Å². The molecule has 2 saturated carbocycles. The molecule has 0 bridgehead atoms. The molecular formula is C24H35ClF2N2O2. The molecule has 1 aromatic carbocycles. The molecule has 6 atom stereocenters. The van der Waals surface area contributed by atoms with Gasteiger partial charge in [0.1, 0.15) is 0 Å². The van der Waals surface area contributed by atoms with E-state index < -0.39 is 34.7 Å². The Hall–Kier alpha value is -1.40. The lowest BCUT2D eigenvalue weighted by Gasteiger charge is -2.53. The Morgan fingerprint density at radius 1 is 1.32 bits per heavy atom. The Kier molecular flexibility index (Phi) is 6.16. The maximum absolute atomic E-state index is 14.6. The summed E-state index contributed by atoms with van der Waals surface area (Å²) in [5, 5.41) is 10.6. The second-order valence-electron chi connectivity index (χ2n) is 10.7. The van der Waals surface area contributed by atoms with E-state index in [4.69, 9.17) is 17.3 Å². The molecule has 0 aliphatic heterocycles. The quantitative estimate of drug-likeness (QED) is 0.617. The lowest BCUT2D eigenvalue weighted by molar-refractivity contribution is -0.0380. The highest BCUT2D eigenvalue weighted by Crippen LogP contribution is 2.69. The minimum atomic E-state index is -2.80. The number of primary amides is 1. The van der Waals surface area contributed by atoms with Crippen molar-refractivity contribution in [3.8, 4) is 0 Å². The maximum atomic E-state index is 14.6. The fraction of sp³-hybridized carbons (Fsp3) is 0.708. The van der Waals surface area contributed by atoms with Crippen LogP contribution >= 0.6 is 11.6 Å². The predicted octanol–water partition coefficient (Wildman–Crippen LogP) is 5.62. The Labute approximate surface area is 189 Å². The zero-order valence-electron chi connectivity index (χ0n) is 19.3. The van der Waals surface area contributed by atoms with E-state index in [-0.39, 0.29) is 23.5 Å². The largest absolute Gasteiger partial charge is 0.396 e. The van der Waals surface area contributed by atoms with E-state index in [0.29, 0.717) is 17.9 Å². The fourth-order valence-electron chi connectivity index (χ4n) is 6.05. The monoisotopic (exact) mass is 456 g/mol. The molecule has 0 radical (unpaired) electrons. The second kappa shape index (κ2) is 7.87. The lowest BCUT2D eigenvalue weighted by Crippen LogP contribution is -2.59. The van der Waals surface area contributed by atoms with Gasteiger partial charge < -0.3 is 15.7 Å². The number of rotatable bonds is 4. The highest BCUT2D eigenvalue weighted by molar-refractivity contribution is 6.31. The van der Waals surface area contributed by atoms with Crippen molar-refractivity contribution in [2.45, 2.75) is 64.8 Å². The van der Waals surface area contributed by atoms with E-state index in [0.717, 1.165) is 12.0 Å². The number of carbonyl (C=O) groups is 1. The van der Waals surface area contributed by atoms with E-state index in [2.05, 4.69) is 13.8 Å². The van der Waals surface area contributed by atoms with Gasteiger partial charge in [0.2, 0.25) is 0 Å². The molecule has 3 N–H and O–H groups in total. The number of halogens is 3. The molecule has 2 aliphatic carbocycles. The molecule has 1 aromatic rings. The number of amides is 2. The number of aliphatic hydroxyl groups excluding tert-OH is 1. The molecule has 5 unspecified atom stereocenters. The first kappa shape index (κ1) is 24.2.